The Morgan fingerprint density at radius 3 is 2.00 bits per heavy atom. The molecule has 1 fully saturated rings. The zero-order valence-corrected chi connectivity index (χ0v) is 15.2. The van der Waals surface area contributed by atoms with E-state index in [4.69, 9.17) is 0 Å². The third-order valence-electron chi connectivity index (χ3n) is 2.95. The number of rotatable bonds is 6. The summed E-state index contributed by atoms with van der Waals surface area (Å²) < 4.78 is 0. The quantitative estimate of drug-likeness (QED) is 0.476. The molecule has 2 nitrogen and oxygen atoms in total. The number of unbranched alkanes of at least 4 members (excludes halogenated alkanes) is 3. The van der Waals surface area contributed by atoms with E-state index in [0.29, 0.717) is 0 Å². The highest BCUT2D eigenvalue weighted by Gasteiger charge is 2.12. The Morgan fingerprint density at radius 1 is 0.875 bits per heavy atom. The minimum Gasteiger partial charge on any atom is -0.304 e. The fourth-order valence-electron chi connectivity index (χ4n) is 1.85. The lowest BCUT2D eigenvalue weighted by molar-refractivity contribution is 0.152. The Morgan fingerprint density at radius 2 is 1.44 bits per heavy atom. The van der Waals surface area contributed by atoms with Gasteiger partial charge in [0.1, 0.15) is 0 Å². The van der Waals surface area contributed by atoms with Crippen LogP contribution in [0.5, 0.6) is 0 Å². The first-order valence-corrected chi connectivity index (χ1v) is 6.92. The van der Waals surface area contributed by atoms with Crippen molar-refractivity contribution in [3.05, 3.63) is 0 Å². The molecule has 0 saturated carbocycles. The summed E-state index contributed by atoms with van der Waals surface area (Å²) in [6.45, 7) is 6.36. The molecule has 1 heterocycles. The lowest BCUT2D eigenvalue weighted by atomic mass is 10.2. The molecule has 0 spiro atoms. The SMILES string of the molecule is Br.Br.CN1CCN(CCCCCCBr)CC1. The predicted octanol–water partition coefficient (Wildman–Crippen LogP) is 3.34. The number of nitrogens with zero attached hydrogens (tertiary/aromatic N) is 2. The first-order chi connectivity index (χ1) is 6.83. The van der Waals surface area contributed by atoms with Gasteiger partial charge in [-0.25, -0.2) is 0 Å². The number of halogens is 3. The van der Waals surface area contributed by atoms with Gasteiger partial charge in [-0.3, -0.25) is 0 Å². The summed E-state index contributed by atoms with van der Waals surface area (Å²) in [5, 5.41) is 1.17. The summed E-state index contributed by atoms with van der Waals surface area (Å²) in [5.74, 6) is 0. The molecule has 1 aliphatic rings. The lowest BCUT2D eigenvalue weighted by Gasteiger charge is -2.32. The Balaban J connectivity index is 0. The van der Waals surface area contributed by atoms with Gasteiger partial charge in [0.25, 0.3) is 0 Å². The van der Waals surface area contributed by atoms with Gasteiger partial charge < -0.3 is 9.80 Å². The molecule has 0 radical (unpaired) electrons. The van der Waals surface area contributed by atoms with Crippen LogP contribution in [0.3, 0.4) is 0 Å². The van der Waals surface area contributed by atoms with E-state index < -0.39 is 0 Å². The molecule has 0 atom stereocenters. The molecule has 5 heteroatoms. The standard InChI is InChI=1S/C11H23BrN2.2BrH/c1-13-8-10-14(11-9-13)7-5-3-2-4-6-12;;/h2-11H2,1H3;2*1H. The van der Waals surface area contributed by atoms with E-state index in [2.05, 4.69) is 32.8 Å². The van der Waals surface area contributed by atoms with Crippen molar-refractivity contribution in [3.63, 3.8) is 0 Å². The van der Waals surface area contributed by atoms with E-state index in [-0.39, 0.29) is 34.0 Å². The summed E-state index contributed by atoms with van der Waals surface area (Å²) >= 11 is 3.47. The van der Waals surface area contributed by atoms with Crippen LogP contribution in [-0.4, -0.2) is 54.9 Å². The Labute approximate surface area is 130 Å². The minimum atomic E-state index is 0. The zero-order chi connectivity index (χ0) is 10.2. The second-order valence-corrected chi connectivity index (χ2v) is 5.04. The van der Waals surface area contributed by atoms with E-state index >= 15 is 0 Å². The monoisotopic (exact) mass is 422 g/mol. The van der Waals surface area contributed by atoms with Crippen molar-refractivity contribution in [1.82, 2.24) is 9.80 Å². The highest BCUT2D eigenvalue weighted by Crippen LogP contribution is 2.05. The molecule has 0 unspecified atom stereocenters. The van der Waals surface area contributed by atoms with Crippen LogP contribution in [0.2, 0.25) is 0 Å². The van der Waals surface area contributed by atoms with E-state index in [1.807, 2.05) is 0 Å². The summed E-state index contributed by atoms with van der Waals surface area (Å²) in [6.07, 6.45) is 5.51. The van der Waals surface area contributed by atoms with E-state index in [1.54, 1.807) is 0 Å². The molecule has 0 aromatic heterocycles. The number of hydrogen-bond donors (Lipinski definition) is 0. The molecule has 100 valence electrons. The summed E-state index contributed by atoms with van der Waals surface area (Å²) in [5.41, 5.74) is 0. The highest BCUT2D eigenvalue weighted by atomic mass is 79.9. The van der Waals surface area contributed by atoms with Gasteiger partial charge in [0.15, 0.2) is 0 Å². The number of likely N-dealkylation sites (N-methyl/N-ethyl adjacent to an activating group) is 1. The molecule has 0 N–H and O–H groups in total. The fourth-order valence-corrected chi connectivity index (χ4v) is 2.25. The third-order valence-corrected chi connectivity index (χ3v) is 3.51. The molecule has 0 aromatic carbocycles. The molecule has 0 amide bonds. The van der Waals surface area contributed by atoms with Crippen molar-refractivity contribution in [2.75, 3.05) is 45.1 Å². The van der Waals surface area contributed by atoms with E-state index in [0.717, 1.165) is 0 Å². The summed E-state index contributed by atoms with van der Waals surface area (Å²) in [6, 6.07) is 0. The van der Waals surface area contributed by atoms with Crippen LogP contribution in [0.25, 0.3) is 0 Å². The Bertz CT molecular complexity index is 139. The van der Waals surface area contributed by atoms with Crippen LogP contribution in [0.4, 0.5) is 0 Å². The second kappa shape index (κ2) is 12.8. The van der Waals surface area contributed by atoms with Crippen LogP contribution in [-0.2, 0) is 0 Å². The van der Waals surface area contributed by atoms with Gasteiger partial charge in [0.05, 0.1) is 0 Å². The normalized spacial score (nSPS) is 17.6. The van der Waals surface area contributed by atoms with Gasteiger partial charge in [-0.05, 0) is 26.4 Å². The smallest absolute Gasteiger partial charge is 0.0110 e. The molecule has 1 aliphatic heterocycles. The van der Waals surface area contributed by atoms with E-state index in [9.17, 15) is 0 Å². The first kappa shape index (κ1) is 19.7. The topological polar surface area (TPSA) is 6.48 Å². The maximum absolute atomic E-state index is 3.47. The van der Waals surface area contributed by atoms with Crippen molar-refractivity contribution in [1.29, 1.82) is 0 Å². The Hall–Kier alpha value is 1.36. The molecule has 0 bridgehead atoms. The number of piperazine rings is 1. The number of alkyl halides is 1. The number of hydrogen-bond acceptors (Lipinski definition) is 2. The van der Waals surface area contributed by atoms with Crippen molar-refractivity contribution in [2.24, 2.45) is 0 Å². The Kier molecular flexibility index (Phi) is 15.8. The van der Waals surface area contributed by atoms with Gasteiger partial charge in [-0.15, -0.1) is 34.0 Å². The molecular formula is C11H25Br3N2. The van der Waals surface area contributed by atoms with Gasteiger partial charge >= 0.3 is 0 Å². The maximum Gasteiger partial charge on any atom is 0.0110 e. The van der Waals surface area contributed by atoms with Crippen LogP contribution in [0.1, 0.15) is 25.7 Å². The van der Waals surface area contributed by atoms with Crippen molar-refractivity contribution in [3.8, 4) is 0 Å². The van der Waals surface area contributed by atoms with Gasteiger partial charge in [-0.2, -0.15) is 0 Å². The lowest BCUT2D eigenvalue weighted by Crippen LogP contribution is -2.44. The van der Waals surface area contributed by atoms with Gasteiger partial charge in [0.2, 0.25) is 0 Å². The fraction of sp³-hybridized carbons (Fsp3) is 1.00. The summed E-state index contributed by atoms with van der Waals surface area (Å²) in [4.78, 5) is 5.02. The van der Waals surface area contributed by atoms with Crippen LogP contribution in [0.15, 0.2) is 0 Å². The van der Waals surface area contributed by atoms with Crippen LogP contribution in [0, 0.1) is 0 Å². The third kappa shape index (κ3) is 9.40. The first-order valence-electron chi connectivity index (χ1n) is 5.80. The van der Waals surface area contributed by atoms with Crippen molar-refractivity contribution in [2.45, 2.75) is 25.7 Å². The van der Waals surface area contributed by atoms with Crippen LogP contribution >= 0.6 is 49.9 Å². The second-order valence-electron chi connectivity index (χ2n) is 4.25. The maximum atomic E-state index is 3.47. The molecular weight excluding hydrogens is 400 g/mol. The average molecular weight is 425 g/mol. The van der Waals surface area contributed by atoms with Gasteiger partial charge in [0, 0.05) is 31.5 Å². The van der Waals surface area contributed by atoms with Crippen molar-refractivity contribution >= 4 is 49.9 Å². The molecule has 0 aliphatic carbocycles. The zero-order valence-electron chi connectivity index (χ0n) is 10.2. The molecule has 1 saturated heterocycles. The predicted molar refractivity (Wildman–Crippen MR) is 86.8 cm³/mol. The largest absolute Gasteiger partial charge is 0.304 e. The highest BCUT2D eigenvalue weighted by molar-refractivity contribution is 9.09. The molecule has 1 rings (SSSR count). The van der Waals surface area contributed by atoms with Crippen molar-refractivity contribution < 1.29 is 0 Å². The van der Waals surface area contributed by atoms with Crippen LogP contribution < -0.4 is 0 Å². The average Bonchev–Trinajstić information content (AvgIpc) is 2.21. The molecule has 16 heavy (non-hydrogen) atoms. The van der Waals surface area contributed by atoms with Gasteiger partial charge in [-0.1, -0.05) is 28.8 Å². The van der Waals surface area contributed by atoms with E-state index in [1.165, 1.54) is 63.7 Å². The molecule has 0 aromatic rings. The minimum absolute atomic E-state index is 0. The summed E-state index contributed by atoms with van der Waals surface area (Å²) in [7, 11) is 2.22.